The van der Waals surface area contributed by atoms with E-state index in [2.05, 4.69) is 6.58 Å². The zero-order valence-electron chi connectivity index (χ0n) is 10.6. The number of nitrogens with zero attached hydrogens (tertiary/aromatic N) is 1. The number of para-hydroxylation sites is 1. The molecular weight excluding hydrogens is 230 g/mol. The van der Waals surface area contributed by atoms with Crippen molar-refractivity contribution < 1.29 is 14.3 Å². The van der Waals surface area contributed by atoms with Crippen LogP contribution in [0.1, 0.15) is 13.8 Å². The van der Waals surface area contributed by atoms with Crippen LogP contribution in [0.5, 0.6) is 5.75 Å². The lowest BCUT2D eigenvalue weighted by molar-refractivity contribution is -0.0393. The van der Waals surface area contributed by atoms with Crippen LogP contribution in [0.25, 0.3) is 0 Å². The number of ether oxygens (including phenoxy) is 2. The summed E-state index contributed by atoms with van der Waals surface area (Å²) >= 11 is 0. The molecule has 1 aliphatic rings. The highest BCUT2D eigenvalue weighted by Crippen LogP contribution is 2.28. The first kappa shape index (κ1) is 12.6. The van der Waals surface area contributed by atoms with Gasteiger partial charge in [0.25, 0.3) is 0 Å². The van der Waals surface area contributed by atoms with Gasteiger partial charge in [-0.3, -0.25) is 4.90 Å². The maximum atomic E-state index is 12.2. The second kappa shape index (κ2) is 4.82. The van der Waals surface area contributed by atoms with Crippen molar-refractivity contribution in [1.29, 1.82) is 0 Å². The lowest BCUT2D eigenvalue weighted by Gasteiger charge is -2.31. The molecule has 0 aromatic heterocycles. The van der Waals surface area contributed by atoms with Gasteiger partial charge in [-0.1, -0.05) is 24.3 Å². The second-order valence-corrected chi connectivity index (χ2v) is 4.61. The van der Waals surface area contributed by atoms with E-state index >= 15 is 0 Å². The van der Waals surface area contributed by atoms with E-state index < -0.39 is 11.8 Å². The lowest BCUT2D eigenvalue weighted by atomic mass is 10.2. The molecular formula is C14H17NO3. The zero-order chi connectivity index (χ0) is 13.2. The highest BCUT2D eigenvalue weighted by atomic mass is 16.6. The number of benzene rings is 1. The van der Waals surface area contributed by atoms with E-state index in [0.29, 0.717) is 12.4 Å². The van der Waals surface area contributed by atoms with Crippen LogP contribution < -0.4 is 4.74 Å². The lowest BCUT2D eigenvalue weighted by Crippen LogP contribution is -2.48. The van der Waals surface area contributed by atoms with E-state index in [1.807, 2.05) is 32.0 Å². The average molecular weight is 247 g/mol. The first-order valence-electron chi connectivity index (χ1n) is 5.87. The Morgan fingerprint density at radius 1 is 1.50 bits per heavy atom. The van der Waals surface area contributed by atoms with Crippen molar-refractivity contribution in [1.82, 2.24) is 4.90 Å². The van der Waals surface area contributed by atoms with Gasteiger partial charge in [0.1, 0.15) is 11.5 Å². The van der Waals surface area contributed by atoms with Gasteiger partial charge >= 0.3 is 6.09 Å². The summed E-state index contributed by atoms with van der Waals surface area (Å²) in [5, 5.41) is 0. The minimum Gasteiger partial charge on any atom is -0.410 e. The molecule has 1 saturated heterocycles. The molecule has 1 aromatic rings. The van der Waals surface area contributed by atoms with Gasteiger partial charge in [0.05, 0.1) is 12.6 Å². The Morgan fingerprint density at radius 2 is 2.17 bits per heavy atom. The van der Waals surface area contributed by atoms with Gasteiger partial charge in [0.2, 0.25) is 0 Å². The summed E-state index contributed by atoms with van der Waals surface area (Å²) in [7, 11) is 0. The van der Waals surface area contributed by atoms with Crippen LogP contribution in [0.2, 0.25) is 0 Å². The van der Waals surface area contributed by atoms with E-state index in [9.17, 15) is 4.79 Å². The van der Waals surface area contributed by atoms with Crippen LogP contribution >= 0.6 is 0 Å². The summed E-state index contributed by atoms with van der Waals surface area (Å²) in [4.78, 5) is 13.7. The first-order chi connectivity index (χ1) is 8.54. The van der Waals surface area contributed by atoms with Crippen LogP contribution in [0.3, 0.4) is 0 Å². The molecule has 1 aromatic carbocycles. The largest absolute Gasteiger partial charge is 0.418 e. The third-order valence-electron chi connectivity index (χ3n) is 2.94. The fraction of sp³-hybridized carbons (Fsp3) is 0.357. The average Bonchev–Trinajstić information content (AvgIpc) is 2.65. The minimum absolute atomic E-state index is 0.156. The maximum absolute atomic E-state index is 12.2. The Hall–Kier alpha value is -1.81. The van der Waals surface area contributed by atoms with Gasteiger partial charge in [-0.15, -0.1) is 6.58 Å². The number of carbonyl (C=O) groups is 1. The van der Waals surface area contributed by atoms with Gasteiger partial charge in [0, 0.05) is 0 Å². The van der Waals surface area contributed by atoms with Crippen molar-refractivity contribution in [3.63, 3.8) is 0 Å². The molecule has 0 radical (unpaired) electrons. The van der Waals surface area contributed by atoms with E-state index in [1.54, 1.807) is 23.1 Å². The van der Waals surface area contributed by atoms with Crippen LogP contribution in [0.15, 0.2) is 43.0 Å². The summed E-state index contributed by atoms with van der Waals surface area (Å²) in [6.45, 7) is 7.84. The molecule has 4 nitrogen and oxygen atoms in total. The molecule has 96 valence electrons. The maximum Gasteiger partial charge on any atom is 0.418 e. The highest BCUT2D eigenvalue weighted by molar-refractivity contribution is 5.72. The summed E-state index contributed by atoms with van der Waals surface area (Å²) in [5.41, 5.74) is -0.676. The normalized spacial score (nSPS) is 21.7. The molecule has 2 rings (SSSR count). The van der Waals surface area contributed by atoms with E-state index in [-0.39, 0.29) is 6.04 Å². The van der Waals surface area contributed by atoms with Crippen molar-refractivity contribution in [3.8, 4) is 5.75 Å². The first-order valence-corrected chi connectivity index (χ1v) is 5.87. The van der Waals surface area contributed by atoms with Crippen molar-refractivity contribution in [3.05, 3.63) is 43.0 Å². The van der Waals surface area contributed by atoms with Crippen molar-refractivity contribution >= 4 is 6.09 Å². The topological polar surface area (TPSA) is 38.8 Å². The predicted molar refractivity (Wildman–Crippen MR) is 68.3 cm³/mol. The summed E-state index contributed by atoms with van der Waals surface area (Å²) in [6, 6.07) is 8.83. The van der Waals surface area contributed by atoms with Gasteiger partial charge < -0.3 is 9.47 Å². The molecule has 1 atom stereocenters. The fourth-order valence-corrected chi connectivity index (χ4v) is 2.00. The molecule has 1 fully saturated rings. The van der Waals surface area contributed by atoms with Crippen LogP contribution in [0.4, 0.5) is 4.79 Å². The van der Waals surface area contributed by atoms with E-state index in [0.717, 1.165) is 0 Å². The van der Waals surface area contributed by atoms with Gasteiger partial charge in [-0.2, -0.15) is 0 Å². The van der Waals surface area contributed by atoms with E-state index in [4.69, 9.17) is 9.47 Å². The van der Waals surface area contributed by atoms with Crippen LogP contribution in [0, 0.1) is 0 Å². The van der Waals surface area contributed by atoms with Crippen molar-refractivity contribution in [2.75, 3.05) is 6.61 Å². The molecule has 1 unspecified atom stereocenters. The van der Waals surface area contributed by atoms with Crippen molar-refractivity contribution in [2.45, 2.75) is 25.6 Å². The number of carbonyl (C=O) groups excluding carboxylic acids is 1. The molecule has 0 bridgehead atoms. The molecule has 0 aliphatic carbocycles. The Bertz CT molecular complexity index is 442. The van der Waals surface area contributed by atoms with Crippen LogP contribution in [-0.4, -0.2) is 29.4 Å². The molecule has 0 saturated carbocycles. The van der Waals surface area contributed by atoms with Gasteiger partial charge in [0.15, 0.2) is 0 Å². The molecule has 18 heavy (non-hydrogen) atoms. The molecule has 0 spiro atoms. The second-order valence-electron chi connectivity index (χ2n) is 4.61. The molecule has 1 amide bonds. The van der Waals surface area contributed by atoms with Gasteiger partial charge in [-0.05, 0) is 26.0 Å². The smallest absolute Gasteiger partial charge is 0.410 e. The fourth-order valence-electron chi connectivity index (χ4n) is 2.00. The summed E-state index contributed by atoms with van der Waals surface area (Å²) in [6.07, 6.45) is 1.27. The SMILES string of the molecule is C=CC1COC(C)(C)N1C(=O)Oc1ccccc1. The van der Waals surface area contributed by atoms with Gasteiger partial charge in [-0.25, -0.2) is 4.79 Å². The number of hydrogen-bond acceptors (Lipinski definition) is 3. The quantitative estimate of drug-likeness (QED) is 0.754. The molecule has 1 aliphatic heterocycles. The molecule has 4 heteroatoms. The number of rotatable bonds is 2. The standard InChI is InChI=1S/C14H17NO3/c1-4-11-10-17-14(2,3)15(11)13(16)18-12-8-6-5-7-9-12/h4-9,11H,1,10H2,2-3H3. The molecule has 1 heterocycles. The Balaban J connectivity index is 2.14. The zero-order valence-corrected chi connectivity index (χ0v) is 10.6. The monoisotopic (exact) mass is 247 g/mol. The summed E-state index contributed by atoms with van der Waals surface area (Å²) < 4.78 is 10.9. The van der Waals surface area contributed by atoms with Crippen LogP contribution in [-0.2, 0) is 4.74 Å². The Morgan fingerprint density at radius 3 is 2.78 bits per heavy atom. The van der Waals surface area contributed by atoms with Crippen molar-refractivity contribution in [2.24, 2.45) is 0 Å². The third kappa shape index (κ3) is 2.38. The predicted octanol–water partition coefficient (Wildman–Crippen LogP) is 2.81. The number of amides is 1. The highest BCUT2D eigenvalue weighted by Gasteiger charge is 2.43. The summed E-state index contributed by atoms with van der Waals surface area (Å²) in [5.74, 6) is 0.521. The third-order valence-corrected chi connectivity index (χ3v) is 2.94. The Labute approximate surface area is 107 Å². The number of hydrogen-bond donors (Lipinski definition) is 0. The molecule has 0 N–H and O–H groups in total. The van der Waals surface area contributed by atoms with E-state index in [1.165, 1.54) is 0 Å². The minimum atomic E-state index is -0.676. The Kier molecular flexibility index (Phi) is 3.39.